The van der Waals surface area contributed by atoms with Crippen LogP contribution in [0, 0.1) is 5.82 Å². The van der Waals surface area contributed by atoms with Gasteiger partial charge in [-0.15, -0.1) is 0 Å². The third-order valence-corrected chi connectivity index (χ3v) is 4.30. The molecule has 1 aliphatic rings. The highest BCUT2D eigenvalue weighted by molar-refractivity contribution is 5.92. The molecular weight excluding hydrogens is 321 g/mol. The molecule has 1 fully saturated rings. The minimum atomic E-state index is -0.390. The van der Waals surface area contributed by atoms with Gasteiger partial charge in [0.15, 0.2) is 6.61 Å². The average Bonchev–Trinajstić information content (AvgIpc) is 2.62. The molecule has 1 amide bonds. The van der Waals surface area contributed by atoms with Crippen LogP contribution in [0.1, 0.15) is 0 Å². The van der Waals surface area contributed by atoms with Crippen molar-refractivity contribution in [3.05, 3.63) is 54.3 Å². The number of carbonyl (C=O) groups excluding carboxylic acids is 1. The van der Waals surface area contributed by atoms with Gasteiger partial charge in [-0.05, 0) is 36.4 Å². The van der Waals surface area contributed by atoms with Gasteiger partial charge in [0.1, 0.15) is 11.6 Å². The first-order chi connectivity index (χ1) is 12.1. The van der Waals surface area contributed by atoms with Crippen LogP contribution in [0.4, 0.5) is 15.8 Å². The van der Waals surface area contributed by atoms with E-state index in [2.05, 4.69) is 17.3 Å². The molecule has 2 aromatic carbocycles. The normalized spacial score (nSPS) is 15.0. The third kappa shape index (κ3) is 4.93. The Morgan fingerprint density at radius 3 is 2.60 bits per heavy atom. The zero-order chi connectivity index (χ0) is 17.6. The number of piperazine rings is 1. The van der Waals surface area contributed by atoms with Crippen LogP contribution in [0.5, 0.6) is 5.75 Å². The first kappa shape index (κ1) is 17.2. The lowest BCUT2D eigenvalue weighted by atomic mass is 10.2. The smallest absolute Gasteiger partial charge is 0.262 e. The van der Waals surface area contributed by atoms with Gasteiger partial charge in [-0.25, -0.2) is 4.39 Å². The first-order valence-corrected chi connectivity index (χ1v) is 8.45. The van der Waals surface area contributed by atoms with Gasteiger partial charge in [0.25, 0.3) is 5.91 Å². The molecule has 0 aliphatic carbocycles. The van der Waals surface area contributed by atoms with Gasteiger partial charge in [-0.2, -0.15) is 0 Å². The van der Waals surface area contributed by atoms with Gasteiger partial charge < -0.3 is 19.9 Å². The summed E-state index contributed by atoms with van der Waals surface area (Å²) in [4.78, 5) is 15.9. The summed E-state index contributed by atoms with van der Waals surface area (Å²) >= 11 is 0. The molecule has 0 spiro atoms. The molecule has 0 bridgehead atoms. The van der Waals surface area contributed by atoms with Crippen molar-refractivity contribution >= 4 is 17.3 Å². The van der Waals surface area contributed by atoms with Gasteiger partial charge >= 0.3 is 0 Å². The number of quaternary nitrogens is 1. The van der Waals surface area contributed by atoms with E-state index in [4.69, 9.17) is 4.74 Å². The lowest BCUT2D eigenvalue weighted by Gasteiger charge is -2.31. The SMILES string of the molecule is C[NH+]1CCN(c2ccc(NC(=O)COc3cccc(F)c3)cc2)CC1. The molecule has 132 valence electrons. The highest BCUT2D eigenvalue weighted by Gasteiger charge is 2.16. The fourth-order valence-corrected chi connectivity index (χ4v) is 2.80. The van der Waals surface area contributed by atoms with Gasteiger partial charge in [-0.1, -0.05) is 6.07 Å². The minimum Gasteiger partial charge on any atom is -0.484 e. The molecule has 1 heterocycles. The van der Waals surface area contributed by atoms with Crippen molar-refractivity contribution in [2.24, 2.45) is 0 Å². The summed E-state index contributed by atoms with van der Waals surface area (Å²) < 4.78 is 18.4. The Morgan fingerprint density at radius 2 is 1.92 bits per heavy atom. The van der Waals surface area contributed by atoms with E-state index in [-0.39, 0.29) is 18.3 Å². The summed E-state index contributed by atoms with van der Waals surface area (Å²) in [6.45, 7) is 4.19. The Balaban J connectivity index is 1.50. The van der Waals surface area contributed by atoms with Crippen molar-refractivity contribution < 1.29 is 18.8 Å². The number of rotatable bonds is 5. The average molecular weight is 344 g/mol. The van der Waals surface area contributed by atoms with E-state index in [1.54, 1.807) is 17.0 Å². The Kier molecular flexibility index (Phi) is 5.50. The lowest BCUT2D eigenvalue weighted by molar-refractivity contribution is -0.880. The Labute approximate surface area is 147 Å². The van der Waals surface area contributed by atoms with Crippen molar-refractivity contribution in [2.45, 2.75) is 0 Å². The molecule has 2 aromatic rings. The zero-order valence-electron chi connectivity index (χ0n) is 14.3. The summed E-state index contributed by atoms with van der Waals surface area (Å²) in [5.74, 6) is -0.332. The molecule has 0 atom stereocenters. The summed E-state index contributed by atoms with van der Waals surface area (Å²) in [6, 6.07) is 13.6. The van der Waals surface area contributed by atoms with E-state index >= 15 is 0 Å². The van der Waals surface area contributed by atoms with Crippen LogP contribution in [-0.2, 0) is 4.79 Å². The number of hydrogen-bond acceptors (Lipinski definition) is 3. The number of amides is 1. The maximum Gasteiger partial charge on any atom is 0.262 e. The van der Waals surface area contributed by atoms with Crippen LogP contribution in [0.15, 0.2) is 48.5 Å². The molecule has 6 heteroatoms. The highest BCUT2D eigenvalue weighted by atomic mass is 19.1. The number of nitrogens with one attached hydrogen (secondary N) is 2. The van der Waals surface area contributed by atoms with E-state index in [0.717, 1.165) is 31.9 Å². The first-order valence-electron chi connectivity index (χ1n) is 8.45. The molecule has 1 saturated heterocycles. The topological polar surface area (TPSA) is 46.0 Å². The van der Waals surface area contributed by atoms with Gasteiger partial charge in [0.2, 0.25) is 0 Å². The standard InChI is InChI=1S/C19H22FN3O2/c1-22-9-11-23(12-10-22)17-7-5-16(6-8-17)21-19(24)14-25-18-4-2-3-15(20)13-18/h2-8,13H,9-12,14H2,1H3,(H,21,24)/p+1. The second kappa shape index (κ2) is 7.98. The Morgan fingerprint density at radius 1 is 1.20 bits per heavy atom. The molecule has 25 heavy (non-hydrogen) atoms. The van der Waals surface area contributed by atoms with Crippen LogP contribution < -0.4 is 19.9 Å². The third-order valence-electron chi connectivity index (χ3n) is 4.30. The number of benzene rings is 2. The molecular formula is C19H23FN3O2+. The van der Waals surface area contributed by atoms with Crippen LogP contribution in [0.2, 0.25) is 0 Å². The van der Waals surface area contributed by atoms with Crippen LogP contribution >= 0.6 is 0 Å². The van der Waals surface area contributed by atoms with Crippen molar-refractivity contribution in [2.75, 3.05) is 50.1 Å². The molecule has 2 N–H and O–H groups in total. The number of hydrogen-bond donors (Lipinski definition) is 2. The Hall–Kier alpha value is -2.60. The second-order valence-corrected chi connectivity index (χ2v) is 6.29. The van der Waals surface area contributed by atoms with E-state index in [1.165, 1.54) is 17.8 Å². The number of anilines is 2. The predicted octanol–water partition coefficient (Wildman–Crippen LogP) is 1.18. The molecule has 0 aromatic heterocycles. The quantitative estimate of drug-likeness (QED) is 0.856. The van der Waals surface area contributed by atoms with Crippen LogP contribution in [0.25, 0.3) is 0 Å². The van der Waals surface area contributed by atoms with E-state index in [1.807, 2.05) is 24.3 Å². The van der Waals surface area contributed by atoms with E-state index < -0.39 is 0 Å². The summed E-state index contributed by atoms with van der Waals surface area (Å²) in [5.41, 5.74) is 1.89. The number of likely N-dealkylation sites (N-methyl/N-ethyl adjacent to an activating group) is 1. The molecule has 0 unspecified atom stereocenters. The highest BCUT2D eigenvalue weighted by Crippen LogP contribution is 2.18. The Bertz CT molecular complexity index is 713. The number of nitrogens with zero attached hydrogens (tertiary/aromatic N) is 1. The lowest BCUT2D eigenvalue weighted by Crippen LogP contribution is -3.12. The maximum absolute atomic E-state index is 13.1. The molecule has 0 saturated carbocycles. The van der Waals surface area contributed by atoms with Crippen molar-refractivity contribution in [3.63, 3.8) is 0 Å². The van der Waals surface area contributed by atoms with Crippen molar-refractivity contribution in [1.82, 2.24) is 0 Å². The number of halogens is 1. The van der Waals surface area contributed by atoms with E-state index in [9.17, 15) is 9.18 Å². The zero-order valence-corrected chi connectivity index (χ0v) is 14.3. The number of carbonyl (C=O) groups is 1. The van der Waals surface area contributed by atoms with Crippen LogP contribution in [0.3, 0.4) is 0 Å². The fraction of sp³-hybridized carbons (Fsp3) is 0.316. The predicted molar refractivity (Wildman–Crippen MR) is 95.8 cm³/mol. The minimum absolute atomic E-state index is 0.160. The largest absolute Gasteiger partial charge is 0.484 e. The maximum atomic E-state index is 13.1. The molecule has 5 nitrogen and oxygen atoms in total. The fourth-order valence-electron chi connectivity index (χ4n) is 2.80. The van der Waals surface area contributed by atoms with Crippen LogP contribution in [-0.4, -0.2) is 45.7 Å². The van der Waals surface area contributed by atoms with Gasteiger partial charge in [0, 0.05) is 17.4 Å². The van der Waals surface area contributed by atoms with Crippen molar-refractivity contribution in [3.8, 4) is 5.75 Å². The van der Waals surface area contributed by atoms with E-state index in [0.29, 0.717) is 5.75 Å². The molecule has 1 aliphatic heterocycles. The van der Waals surface area contributed by atoms with Gasteiger partial charge in [0.05, 0.1) is 33.2 Å². The van der Waals surface area contributed by atoms with Gasteiger partial charge in [-0.3, -0.25) is 4.79 Å². The molecule has 3 rings (SSSR count). The second-order valence-electron chi connectivity index (χ2n) is 6.29. The molecule has 0 radical (unpaired) electrons. The summed E-state index contributed by atoms with van der Waals surface area (Å²) in [6.07, 6.45) is 0. The summed E-state index contributed by atoms with van der Waals surface area (Å²) in [5, 5.41) is 2.78. The van der Waals surface area contributed by atoms with Crippen molar-refractivity contribution in [1.29, 1.82) is 0 Å². The monoisotopic (exact) mass is 344 g/mol. The number of ether oxygens (including phenoxy) is 1. The summed E-state index contributed by atoms with van der Waals surface area (Å²) in [7, 11) is 2.21.